The summed E-state index contributed by atoms with van der Waals surface area (Å²) in [5, 5.41) is 3.72. The van der Waals surface area contributed by atoms with Crippen LogP contribution in [-0.2, 0) is 4.74 Å². The van der Waals surface area contributed by atoms with Crippen LogP contribution in [0.25, 0.3) is 0 Å². The number of nitrogens with zero attached hydrogens (tertiary/aromatic N) is 2. The Hall–Kier alpha value is -1.23. The van der Waals surface area contributed by atoms with Crippen molar-refractivity contribution in [3.8, 4) is 0 Å². The number of hydrogen-bond donors (Lipinski definition) is 1. The molecular weight excluding hydrogens is 290 g/mol. The highest BCUT2D eigenvalue weighted by Crippen LogP contribution is 2.48. The van der Waals surface area contributed by atoms with Gasteiger partial charge < -0.3 is 19.9 Å². The summed E-state index contributed by atoms with van der Waals surface area (Å²) in [7, 11) is 0. The fourth-order valence-electron chi connectivity index (χ4n) is 5.07. The number of piperazine rings is 1. The van der Waals surface area contributed by atoms with E-state index < -0.39 is 5.60 Å². The Kier molecular flexibility index (Phi) is 3.59. The molecule has 0 aromatic rings. The predicted molar refractivity (Wildman–Crippen MR) is 89.0 cm³/mol. The van der Waals surface area contributed by atoms with Crippen LogP contribution in [-0.4, -0.2) is 59.8 Å². The third-order valence-corrected chi connectivity index (χ3v) is 5.84. The number of carbonyl (C=O) groups is 1. The monoisotopic (exact) mass is 319 g/mol. The fraction of sp³-hybridized carbons (Fsp3) is 0.833. The summed E-state index contributed by atoms with van der Waals surface area (Å²) in [6, 6.07) is 1.29. The molecule has 0 aromatic carbocycles. The maximum Gasteiger partial charge on any atom is 0.410 e. The van der Waals surface area contributed by atoms with Crippen LogP contribution in [0, 0.1) is 11.8 Å². The van der Waals surface area contributed by atoms with E-state index in [0.29, 0.717) is 30.5 Å². The third kappa shape index (κ3) is 2.63. The van der Waals surface area contributed by atoms with Gasteiger partial charge in [0.1, 0.15) is 5.60 Å². The summed E-state index contributed by atoms with van der Waals surface area (Å²) in [5.41, 5.74) is 1.09. The summed E-state index contributed by atoms with van der Waals surface area (Å²) in [6.45, 7) is 9.52. The first-order valence-electron chi connectivity index (χ1n) is 9.12. The molecule has 5 heteroatoms. The highest BCUT2D eigenvalue weighted by molar-refractivity contribution is 5.68. The predicted octanol–water partition coefficient (Wildman–Crippen LogP) is 2.19. The van der Waals surface area contributed by atoms with Gasteiger partial charge in [-0.1, -0.05) is 6.42 Å². The lowest BCUT2D eigenvalue weighted by atomic mass is 9.75. The Morgan fingerprint density at radius 1 is 1.35 bits per heavy atom. The highest BCUT2D eigenvalue weighted by Gasteiger charge is 2.52. The molecule has 23 heavy (non-hydrogen) atoms. The number of fused-ring (bicyclic) bond motifs is 3. The summed E-state index contributed by atoms with van der Waals surface area (Å²) in [5.74, 6) is 1.20. The van der Waals surface area contributed by atoms with Crippen LogP contribution in [0.2, 0.25) is 0 Å². The third-order valence-electron chi connectivity index (χ3n) is 5.84. The SMILES string of the molecule is CC(C)(C)OC(=O)N1CC=C2C(C1)C1CCCC3NCCN2C31. The molecule has 0 bridgehead atoms. The van der Waals surface area contributed by atoms with Gasteiger partial charge in [-0.2, -0.15) is 0 Å². The van der Waals surface area contributed by atoms with E-state index in [0.717, 1.165) is 19.6 Å². The van der Waals surface area contributed by atoms with Gasteiger partial charge >= 0.3 is 6.09 Å². The van der Waals surface area contributed by atoms with Gasteiger partial charge in [-0.3, -0.25) is 0 Å². The normalized spacial score (nSPS) is 36.2. The van der Waals surface area contributed by atoms with Crippen LogP contribution in [0.3, 0.4) is 0 Å². The van der Waals surface area contributed by atoms with Crippen molar-refractivity contribution in [2.24, 2.45) is 11.8 Å². The summed E-state index contributed by atoms with van der Waals surface area (Å²) < 4.78 is 5.58. The number of hydrogen-bond acceptors (Lipinski definition) is 4. The molecule has 1 saturated carbocycles. The zero-order chi connectivity index (χ0) is 16.2. The molecule has 1 N–H and O–H groups in total. The number of rotatable bonds is 0. The molecule has 1 amide bonds. The van der Waals surface area contributed by atoms with Crippen LogP contribution >= 0.6 is 0 Å². The minimum atomic E-state index is -0.423. The molecule has 3 fully saturated rings. The molecule has 4 aliphatic rings. The van der Waals surface area contributed by atoms with Gasteiger partial charge in [0.2, 0.25) is 0 Å². The van der Waals surface area contributed by atoms with E-state index in [-0.39, 0.29) is 6.09 Å². The molecular formula is C18H29N3O2. The van der Waals surface area contributed by atoms with E-state index in [1.165, 1.54) is 25.0 Å². The van der Waals surface area contributed by atoms with E-state index >= 15 is 0 Å². The average Bonchev–Trinajstić information content (AvgIpc) is 2.82. The first-order chi connectivity index (χ1) is 10.9. The van der Waals surface area contributed by atoms with Crippen LogP contribution in [0.5, 0.6) is 0 Å². The summed E-state index contributed by atoms with van der Waals surface area (Å²) in [6.07, 6.45) is 6.03. The lowest BCUT2D eigenvalue weighted by Gasteiger charge is -2.44. The minimum absolute atomic E-state index is 0.164. The molecule has 4 rings (SSSR count). The molecule has 3 heterocycles. The number of nitrogens with one attached hydrogen (secondary N) is 1. The molecule has 4 atom stereocenters. The molecule has 0 spiro atoms. The van der Waals surface area contributed by atoms with Gasteiger partial charge in [-0.15, -0.1) is 0 Å². The smallest absolute Gasteiger partial charge is 0.410 e. The maximum absolute atomic E-state index is 12.4. The van der Waals surface area contributed by atoms with Crippen molar-refractivity contribution >= 4 is 6.09 Å². The van der Waals surface area contributed by atoms with Gasteiger partial charge in [0.25, 0.3) is 0 Å². The lowest BCUT2D eigenvalue weighted by molar-refractivity contribution is 0.0222. The first kappa shape index (κ1) is 15.3. The Bertz CT molecular complexity index is 523. The van der Waals surface area contributed by atoms with E-state index in [4.69, 9.17) is 4.74 Å². The molecule has 3 aliphatic heterocycles. The standard InChI is InChI=1S/C18H29N3O2/c1-18(2,3)23-17(22)20-9-7-15-13(11-20)12-5-4-6-14-16(12)21(15)10-8-19-14/h7,12-14,16,19H,4-6,8-11H2,1-3H3. The second kappa shape index (κ2) is 5.40. The van der Waals surface area contributed by atoms with Crippen molar-refractivity contribution in [3.63, 3.8) is 0 Å². The van der Waals surface area contributed by atoms with E-state index in [2.05, 4.69) is 16.3 Å². The molecule has 1 aliphatic carbocycles. The Morgan fingerprint density at radius 3 is 2.96 bits per heavy atom. The van der Waals surface area contributed by atoms with Crippen molar-refractivity contribution in [3.05, 3.63) is 11.8 Å². The van der Waals surface area contributed by atoms with Gasteiger partial charge in [0.15, 0.2) is 0 Å². The lowest BCUT2D eigenvalue weighted by Crippen LogP contribution is -2.58. The second-order valence-corrected chi connectivity index (χ2v) is 8.46. The van der Waals surface area contributed by atoms with Gasteiger partial charge in [-0.25, -0.2) is 4.79 Å². The minimum Gasteiger partial charge on any atom is -0.444 e. The number of carbonyl (C=O) groups excluding carboxylic acids is 1. The van der Waals surface area contributed by atoms with E-state index in [1.807, 2.05) is 25.7 Å². The van der Waals surface area contributed by atoms with Crippen LogP contribution in [0.1, 0.15) is 40.0 Å². The van der Waals surface area contributed by atoms with Gasteiger partial charge in [0.05, 0.1) is 0 Å². The Balaban J connectivity index is 1.54. The van der Waals surface area contributed by atoms with Crippen LogP contribution in [0.15, 0.2) is 11.8 Å². The second-order valence-electron chi connectivity index (χ2n) is 8.46. The summed E-state index contributed by atoms with van der Waals surface area (Å²) in [4.78, 5) is 17.0. The molecule has 5 nitrogen and oxygen atoms in total. The van der Waals surface area contributed by atoms with Crippen molar-refractivity contribution in [1.29, 1.82) is 0 Å². The first-order valence-corrected chi connectivity index (χ1v) is 9.12. The molecule has 0 aromatic heterocycles. The van der Waals surface area contributed by atoms with E-state index in [9.17, 15) is 4.79 Å². The van der Waals surface area contributed by atoms with Crippen molar-refractivity contribution in [1.82, 2.24) is 15.1 Å². The quantitative estimate of drug-likeness (QED) is 0.743. The van der Waals surface area contributed by atoms with Crippen molar-refractivity contribution < 1.29 is 9.53 Å². The van der Waals surface area contributed by atoms with Crippen LogP contribution in [0.4, 0.5) is 4.79 Å². The zero-order valence-electron chi connectivity index (χ0n) is 14.5. The molecule has 2 saturated heterocycles. The van der Waals surface area contributed by atoms with Gasteiger partial charge in [-0.05, 0) is 45.6 Å². The Labute approximate surface area is 139 Å². The van der Waals surface area contributed by atoms with Crippen molar-refractivity contribution in [2.45, 2.75) is 57.7 Å². The van der Waals surface area contributed by atoms with Gasteiger partial charge in [0, 0.05) is 49.9 Å². The summed E-state index contributed by atoms with van der Waals surface area (Å²) >= 11 is 0. The van der Waals surface area contributed by atoms with Crippen molar-refractivity contribution in [2.75, 3.05) is 26.2 Å². The van der Waals surface area contributed by atoms with E-state index in [1.54, 1.807) is 0 Å². The average molecular weight is 319 g/mol. The Morgan fingerprint density at radius 2 is 2.17 bits per heavy atom. The molecule has 0 radical (unpaired) electrons. The molecule has 4 unspecified atom stereocenters. The molecule has 128 valence electrons. The highest BCUT2D eigenvalue weighted by atomic mass is 16.6. The largest absolute Gasteiger partial charge is 0.444 e. The fourth-order valence-corrected chi connectivity index (χ4v) is 5.07. The van der Waals surface area contributed by atoms with Crippen LogP contribution < -0.4 is 5.32 Å². The maximum atomic E-state index is 12.4. The zero-order valence-corrected chi connectivity index (χ0v) is 14.5. The topological polar surface area (TPSA) is 44.8 Å². The number of amides is 1. The number of ether oxygens (including phenoxy) is 1.